The highest BCUT2D eigenvalue weighted by Gasteiger charge is 2.26. The first-order valence-corrected chi connectivity index (χ1v) is 26.5. The Balaban J connectivity index is 1.11. The second-order valence-electron chi connectivity index (χ2n) is 20.4. The summed E-state index contributed by atoms with van der Waals surface area (Å²) in [6, 6.07) is 92.9. The van der Waals surface area contributed by atoms with Gasteiger partial charge in [0, 0.05) is 44.3 Å². The van der Waals surface area contributed by atoms with E-state index in [0.717, 1.165) is 116 Å². The smallest absolute Gasteiger partial charge is 0.123 e. The molecule has 370 valence electrons. The Morgan fingerprint density at radius 1 is 0.244 bits per heavy atom. The van der Waals surface area contributed by atoms with E-state index >= 15 is 0 Å². The number of nitrogens with zero attached hydrogens (tertiary/aromatic N) is 2. The number of halogens is 2. The molecular formula is C74H50F2N2. The van der Waals surface area contributed by atoms with Gasteiger partial charge in [-0.15, -0.1) is 0 Å². The Kier molecular flexibility index (Phi) is 11.4. The maximum Gasteiger partial charge on any atom is 0.123 e. The van der Waals surface area contributed by atoms with E-state index in [0.29, 0.717) is 0 Å². The van der Waals surface area contributed by atoms with Crippen LogP contribution in [0.4, 0.5) is 42.9 Å². The summed E-state index contributed by atoms with van der Waals surface area (Å²) in [7, 11) is 0. The Hall–Kier alpha value is -9.90. The van der Waals surface area contributed by atoms with Gasteiger partial charge in [-0.2, -0.15) is 0 Å². The van der Waals surface area contributed by atoms with Gasteiger partial charge in [0.2, 0.25) is 0 Å². The van der Waals surface area contributed by atoms with E-state index < -0.39 is 0 Å². The predicted octanol–water partition coefficient (Wildman–Crippen LogP) is 21.4. The highest BCUT2D eigenvalue weighted by atomic mass is 19.1. The highest BCUT2D eigenvalue weighted by molar-refractivity contribution is 6.25. The van der Waals surface area contributed by atoms with Crippen LogP contribution in [-0.2, 0) is 0 Å². The molecule has 0 N–H and O–H groups in total. The van der Waals surface area contributed by atoms with Gasteiger partial charge in [0.25, 0.3) is 0 Å². The van der Waals surface area contributed by atoms with Gasteiger partial charge in [-0.1, -0.05) is 181 Å². The van der Waals surface area contributed by atoms with Crippen molar-refractivity contribution >= 4 is 98.8 Å². The minimum absolute atomic E-state index is 0.283. The zero-order valence-electron chi connectivity index (χ0n) is 43.1. The van der Waals surface area contributed by atoms with Crippen molar-refractivity contribution in [1.82, 2.24) is 0 Å². The van der Waals surface area contributed by atoms with Crippen molar-refractivity contribution in [2.75, 3.05) is 9.80 Å². The van der Waals surface area contributed by atoms with Gasteiger partial charge in [-0.3, -0.25) is 0 Å². The van der Waals surface area contributed by atoms with Gasteiger partial charge in [0.05, 0.1) is 11.4 Å². The standard InChI is InChI=1S/C74H50F2N2/c1-47-27-35-56(36-28-47)77(58-39-31-54(75)32-40-58)73-66-23-11-7-19-62(66)71(63-20-8-12-24-67(63)73)52-44-51(70-60-17-5-3-15-49(60)43-50-16-4-6-18-61(50)70)45-53(46-52)72-64-21-9-13-25-68(64)74(69-26-14-10-22-65(69)72)78(57-37-29-48(2)30-38-57)59-41-33-55(76)34-42-59/h3-46H,1-2H3. The molecule has 0 amide bonds. The van der Waals surface area contributed by atoms with Gasteiger partial charge in [-0.25, -0.2) is 8.78 Å². The summed E-state index contributed by atoms with van der Waals surface area (Å²) in [5, 5.41) is 13.3. The van der Waals surface area contributed by atoms with E-state index in [2.05, 4.69) is 242 Å². The SMILES string of the molecule is Cc1ccc(N(c2ccc(F)cc2)c2c3ccccc3c(-c3cc(-c4c5ccccc5cc5ccccc45)cc(-c4c5ccccc5c(N(c5ccc(C)cc5)c5ccc(F)cc5)c5ccccc45)c3)c3ccccc23)cc1. The molecule has 0 spiro atoms. The minimum Gasteiger partial charge on any atom is -0.309 e. The first-order valence-electron chi connectivity index (χ1n) is 26.5. The second-order valence-corrected chi connectivity index (χ2v) is 20.4. The summed E-state index contributed by atoms with van der Waals surface area (Å²) in [6.07, 6.45) is 0. The van der Waals surface area contributed by atoms with Gasteiger partial charge in [0.1, 0.15) is 11.6 Å². The molecule has 0 aromatic heterocycles. The Morgan fingerprint density at radius 3 is 0.795 bits per heavy atom. The van der Waals surface area contributed by atoms with Gasteiger partial charge in [-0.05, 0) is 187 Å². The van der Waals surface area contributed by atoms with Crippen LogP contribution in [0, 0.1) is 25.5 Å². The van der Waals surface area contributed by atoms with E-state index in [-0.39, 0.29) is 11.6 Å². The molecule has 4 heteroatoms. The van der Waals surface area contributed by atoms with Crippen molar-refractivity contribution in [1.29, 1.82) is 0 Å². The molecule has 0 atom stereocenters. The predicted molar refractivity (Wildman–Crippen MR) is 327 cm³/mol. The second kappa shape index (κ2) is 19.0. The molecule has 14 rings (SSSR count). The summed E-state index contributed by atoms with van der Waals surface area (Å²) < 4.78 is 29.6. The monoisotopic (exact) mass is 1000 g/mol. The first-order chi connectivity index (χ1) is 38.3. The number of fused-ring (bicyclic) bond motifs is 6. The Morgan fingerprint density at radius 2 is 0.487 bits per heavy atom. The van der Waals surface area contributed by atoms with Crippen molar-refractivity contribution in [3.8, 4) is 33.4 Å². The van der Waals surface area contributed by atoms with E-state index in [9.17, 15) is 8.78 Å². The Bertz CT molecular complexity index is 4150. The van der Waals surface area contributed by atoms with Crippen LogP contribution in [0.5, 0.6) is 0 Å². The molecule has 14 aromatic rings. The van der Waals surface area contributed by atoms with Crippen molar-refractivity contribution in [3.63, 3.8) is 0 Å². The number of rotatable bonds is 9. The van der Waals surface area contributed by atoms with E-state index in [1.54, 1.807) is 24.3 Å². The summed E-state index contributed by atoms with van der Waals surface area (Å²) in [5.41, 5.74) is 14.7. The van der Waals surface area contributed by atoms with Crippen LogP contribution in [-0.4, -0.2) is 0 Å². The maximum absolute atomic E-state index is 14.8. The molecule has 0 radical (unpaired) electrons. The van der Waals surface area contributed by atoms with Crippen molar-refractivity contribution in [3.05, 3.63) is 290 Å². The van der Waals surface area contributed by atoms with Crippen LogP contribution < -0.4 is 9.80 Å². The molecule has 2 nitrogen and oxygen atoms in total. The van der Waals surface area contributed by atoms with Crippen LogP contribution in [0.3, 0.4) is 0 Å². The lowest BCUT2D eigenvalue weighted by atomic mass is 9.83. The van der Waals surface area contributed by atoms with Crippen LogP contribution in [0.1, 0.15) is 11.1 Å². The number of hydrogen-bond acceptors (Lipinski definition) is 2. The molecule has 0 bridgehead atoms. The topological polar surface area (TPSA) is 6.48 Å². The van der Waals surface area contributed by atoms with Crippen LogP contribution in [0.25, 0.3) is 98.0 Å². The molecule has 0 fully saturated rings. The molecule has 14 aromatic carbocycles. The lowest BCUT2D eigenvalue weighted by molar-refractivity contribution is 0.627. The fraction of sp³-hybridized carbons (Fsp3) is 0.0270. The zero-order valence-corrected chi connectivity index (χ0v) is 43.1. The van der Waals surface area contributed by atoms with Crippen LogP contribution in [0.2, 0.25) is 0 Å². The fourth-order valence-electron chi connectivity index (χ4n) is 12.1. The first kappa shape index (κ1) is 46.6. The van der Waals surface area contributed by atoms with Gasteiger partial charge in [0.15, 0.2) is 0 Å². The molecule has 0 aliphatic rings. The quantitative estimate of drug-likeness (QED) is 0.133. The molecule has 0 saturated heterocycles. The fourth-order valence-corrected chi connectivity index (χ4v) is 12.1. The zero-order chi connectivity index (χ0) is 52.4. The average molecular weight is 1010 g/mol. The number of aryl methyl sites for hydroxylation is 2. The molecular weight excluding hydrogens is 955 g/mol. The van der Waals surface area contributed by atoms with E-state index in [4.69, 9.17) is 0 Å². The average Bonchev–Trinajstić information content (AvgIpc) is 3.56. The summed E-state index contributed by atoms with van der Waals surface area (Å²) >= 11 is 0. The third-order valence-corrected chi connectivity index (χ3v) is 15.6. The maximum atomic E-state index is 14.8. The van der Waals surface area contributed by atoms with Crippen molar-refractivity contribution in [2.24, 2.45) is 0 Å². The third-order valence-electron chi connectivity index (χ3n) is 15.6. The lowest BCUT2D eigenvalue weighted by Crippen LogP contribution is -2.11. The van der Waals surface area contributed by atoms with Crippen LogP contribution in [0.15, 0.2) is 267 Å². The summed E-state index contributed by atoms with van der Waals surface area (Å²) in [6.45, 7) is 4.20. The lowest BCUT2D eigenvalue weighted by Gasteiger charge is -2.30. The molecule has 0 saturated carbocycles. The molecule has 0 unspecified atom stereocenters. The molecule has 78 heavy (non-hydrogen) atoms. The summed E-state index contributed by atoms with van der Waals surface area (Å²) in [5.74, 6) is -0.567. The number of hydrogen-bond donors (Lipinski definition) is 0. The van der Waals surface area contributed by atoms with Gasteiger partial charge < -0.3 is 9.80 Å². The summed E-state index contributed by atoms with van der Waals surface area (Å²) in [4.78, 5) is 4.56. The largest absolute Gasteiger partial charge is 0.309 e. The van der Waals surface area contributed by atoms with Crippen LogP contribution >= 0.6 is 0 Å². The number of anilines is 6. The van der Waals surface area contributed by atoms with E-state index in [1.165, 1.54) is 27.1 Å². The molecule has 0 aliphatic carbocycles. The normalized spacial score (nSPS) is 11.6. The number of benzene rings is 14. The minimum atomic E-state index is -0.283. The highest BCUT2D eigenvalue weighted by Crippen LogP contribution is 2.53. The van der Waals surface area contributed by atoms with Crippen molar-refractivity contribution in [2.45, 2.75) is 13.8 Å². The third kappa shape index (κ3) is 7.92. The van der Waals surface area contributed by atoms with Gasteiger partial charge >= 0.3 is 0 Å². The molecule has 0 aliphatic heterocycles. The van der Waals surface area contributed by atoms with Crippen molar-refractivity contribution < 1.29 is 8.78 Å². The van der Waals surface area contributed by atoms with E-state index in [1.807, 2.05) is 24.3 Å². The Labute approximate surface area is 452 Å². The molecule has 0 heterocycles.